The van der Waals surface area contributed by atoms with Gasteiger partial charge < -0.3 is 9.64 Å². The van der Waals surface area contributed by atoms with Gasteiger partial charge in [0.15, 0.2) is 0 Å². The Labute approximate surface area is 122 Å². The van der Waals surface area contributed by atoms with Gasteiger partial charge in [-0.05, 0) is 25.7 Å². The van der Waals surface area contributed by atoms with Crippen LogP contribution in [0.3, 0.4) is 0 Å². The molecule has 0 unspecified atom stereocenters. The summed E-state index contributed by atoms with van der Waals surface area (Å²) in [6.45, 7) is 5.89. The first-order valence-corrected chi connectivity index (χ1v) is 8.45. The molecule has 1 amide bonds. The van der Waals surface area contributed by atoms with Crippen molar-refractivity contribution in [2.24, 2.45) is 5.92 Å². The monoisotopic (exact) mass is 280 g/mol. The number of hydrogen-bond acceptors (Lipinski definition) is 3. The zero-order valence-corrected chi connectivity index (χ0v) is 12.6. The Morgan fingerprint density at radius 3 is 2.35 bits per heavy atom. The van der Waals surface area contributed by atoms with Gasteiger partial charge in [-0.3, -0.25) is 9.69 Å². The van der Waals surface area contributed by atoms with Gasteiger partial charge in [-0.2, -0.15) is 0 Å². The van der Waals surface area contributed by atoms with E-state index in [0.29, 0.717) is 17.9 Å². The number of ether oxygens (including phenoxy) is 1. The third kappa shape index (κ3) is 3.53. The van der Waals surface area contributed by atoms with Crippen molar-refractivity contribution in [3.63, 3.8) is 0 Å². The van der Waals surface area contributed by atoms with Crippen LogP contribution in [0.25, 0.3) is 0 Å². The molecule has 1 atom stereocenters. The molecule has 4 heteroatoms. The minimum atomic E-state index is 0.327. The third-order valence-electron chi connectivity index (χ3n) is 5.12. The topological polar surface area (TPSA) is 32.8 Å². The van der Waals surface area contributed by atoms with Crippen LogP contribution >= 0.6 is 0 Å². The normalized spacial score (nSPS) is 29.8. The van der Waals surface area contributed by atoms with E-state index in [-0.39, 0.29) is 0 Å². The van der Waals surface area contributed by atoms with E-state index in [1.807, 2.05) is 0 Å². The Morgan fingerprint density at radius 1 is 0.950 bits per heavy atom. The van der Waals surface area contributed by atoms with Gasteiger partial charge >= 0.3 is 0 Å². The quantitative estimate of drug-likeness (QED) is 0.791. The number of carbonyl (C=O) groups is 1. The molecular formula is C16H28N2O2. The van der Waals surface area contributed by atoms with E-state index in [9.17, 15) is 4.79 Å². The molecule has 0 bridgehead atoms. The van der Waals surface area contributed by atoms with Crippen LogP contribution in [0.15, 0.2) is 0 Å². The van der Waals surface area contributed by atoms with Crippen molar-refractivity contribution in [3.8, 4) is 0 Å². The maximum atomic E-state index is 12.5. The standard InChI is InChI=1S/C16H28N2O2/c19-16(14-5-2-1-3-6-14)18-10-8-17(9-11-18)13-15-7-4-12-20-15/h14-15H,1-13H2/t15-/m0/s1. The van der Waals surface area contributed by atoms with Gasteiger partial charge in [0.1, 0.15) is 0 Å². The zero-order valence-electron chi connectivity index (χ0n) is 12.6. The van der Waals surface area contributed by atoms with Crippen LogP contribution in [0, 0.1) is 5.92 Å². The molecule has 0 N–H and O–H groups in total. The van der Waals surface area contributed by atoms with Crippen molar-refractivity contribution in [1.82, 2.24) is 9.80 Å². The van der Waals surface area contributed by atoms with Gasteiger partial charge in [-0.1, -0.05) is 19.3 Å². The maximum Gasteiger partial charge on any atom is 0.225 e. The van der Waals surface area contributed by atoms with Crippen LogP contribution in [0.2, 0.25) is 0 Å². The van der Waals surface area contributed by atoms with Gasteiger partial charge in [0, 0.05) is 45.2 Å². The van der Waals surface area contributed by atoms with E-state index in [1.54, 1.807) is 0 Å². The highest BCUT2D eigenvalue weighted by atomic mass is 16.5. The summed E-state index contributed by atoms with van der Waals surface area (Å²) >= 11 is 0. The number of hydrogen-bond donors (Lipinski definition) is 0. The second-order valence-electron chi connectivity index (χ2n) is 6.60. The largest absolute Gasteiger partial charge is 0.377 e. The molecule has 0 spiro atoms. The van der Waals surface area contributed by atoms with E-state index in [4.69, 9.17) is 4.74 Å². The lowest BCUT2D eigenvalue weighted by atomic mass is 9.88. The molecule has 0 aromatic rings. The van der Waals surface area contributed by atoms with E-state index in [2.05, 4.69) is 9.80 Å². The van der Waals surface area contributed by atoms with E-state index >= 15 is 0 Å². The molecule has 0 aromatic carbocycles. The predicted octanol–water partition coefficient (Wildman–Crippen LogP) is 1.89. The number of amides is 1. The molecule has 0 radical (unpaired) electrons. The first-order chi connectivity index (χ1) is 9.83. The molecule has 2 aliphatic heterocycles. The molecule has 3 fully saturated rings. The van der Waals surface area contributed by atoms with E-state index in [1.165, 1.54) is 32.1 Å². The van der Waals surface area contributed by atoms with Gasteiger partial charge in [-0.15, -0.1) is 0 Å². The highest BCUT2D eigenvalue weighted by molar-refractivity contribution is 5.79. The molecule has 1 saturated carbocycles. The summed E-state index contributed by atoms with van der Waals surface area (Å²) in [5.74, 6) is 0.759. The van der Waals surface area contributed by atoms with Crippen molar-refractivity contribution >= 4 is 5.91 Å². The fourth-order valence-electron chi connectivity index (χ4n) is 3.83. The number of piperazine rings is 1. The Bertz CT molecular complexity index is 314. The lowest BCUT2D eigenvalue weighted by Gasteiger charge is -2.37. The summed E-state index contributed by atoms with van der Waals surface area (Å²) < 4.78 is 5.70. The van der Waals surface area contributed by atoms with Crippen LogP contribution in [0.4, 0.5) is 0 Å². The van der Waals surface area contributed by atoms with Crippen molar-refractivity contribution in [2.45, 2.75) is 51.0 Å². The summed E-state index contributed by atoms with van der Waals surface area (Å²) in [6.07, 6.45) is 8.91. The highest BCUT2D eigenvalue weighted by Gasteiger charge is 2.29. The maximum absolute atomic E-state index is 12.5. The third-order valence-corrected chi connectivity index (χ3v) is 5.12. The molecule has 4 nitrogen and oxygen atoms in total. The molecule has 2 saturated heterocycles. The molecule has 3 aliphatic rings. The van der Waals surface area contributed by atoms with E-state index in [0.717, 1.165) is 52.2 Å². The van der Waals surface area contributed by atoms with Crippen molar-refractivity contribution in [2.75, 3.05) is 39.3 Å². The summed E-state index contributed by atoms with van der Waals surface area (Å²) in [7, 11) is 0. The van der Waals surface area contributed by atoms with Gasteiger partial charge in [0.25, 0.3) is 0 Å². The van der Waals surface area contributed by atoms with Crippen LogP contribution in [-0.4, -0.2) is 61.1 Å². The number of nitrogens with zero attached hydrogens (tertiary/aromatic N) is 2. The van der Waals surface area contributed by atoms with E-state index < -0.39 is 0 Å². The zero-order chi connectivity index (χ0) is 13.8. The molecule has 1 aliphatic carbocycles. The SMILES string of the molecule is O=C(C1CCCCC1)N1CCN(C[C@@H]2CCCO2)CC1. The first kappa shape index (κ1) is 14.3. The lowest BCUT2D eigenvalue weighted by Crippen LogP contribution is -2.51. The molecule has 20 heavy (non-hydrogen) atoms. The molecule has 2 heterocycles. The number of carbonyl (C=O) groups excluding carboxylic acids is 1. The Morgan fingerprint density at radius 2 is 1.70 bits per heavy atom. The minimum absolute atomic E-state index is 0.327. The molecular weight excluding hydrogens is 252 g/mol. The van der Waals surface area contributed by atoms with Crippen LogP contribution < -0.4 is 0 Å². The minimum Gasteiger partial charge on any atom is -0.377 e. The fourth-order valence-corrected chi connectivity index (χ4v) is 3.83. The Hall–Kier alpha value is -0.610. The highest BCUT2D eigenvalue weighted by Crippen LogP contribution is 2.26. The van der Waals surface area contributed by atoms with Gasteiger partial charge in [0.2, 0.25) is 5.91 Å². The summed E-state index contributed by atoms with van der Waals surface area (Å²) in [5.41, 5.74) is 0. The predicted molar refractivity (Wildman–Crippen MR) is 78.6 cm³/mol. The molecule has 0 aromatic heterocycles. The Balaban J connectivity index is 1.41. The van der Waals surface area contributed by atoms with Crippen molar-refractivity contribution in [3.05, 3.63) is 0 Å². The lowest BCUT2D eigenvalue weighted by molar-refractivity contribution is -0.138. The van der Waals surface area contributed by atoms with Crippen molar-refractivity contribution < 1.29 is 9.53 Å². The Kier molecular flexibility index (Phi) is 4.94. The van der Waals surface area contributed by atoms with Crippen LogP contribution in [-0.2, 0) is 9.53 Å². The molecule has 3 rings (SSSR count). The van der Waals surface area contributed by atoms with Crippen LogP contribution in [0.1, 0.15) is 44.9 Å². The average molecular weight is 280 g/mol. The summed E-state index contributed by atoms with van der Waals surface area (Å²) in [6, 6.07) is 0. The second kappa shape index (κ2) is 6.90. The van der Waals surface area contributed by atoms with Crippen molar-refractivity contribution in [1.29, 1.82) is 0 Å². The smallest absolute Gasteiger partial charge is 0.225 e. The fraction of sp³-hybridized carbons (Fsp3) is 0.938. The molecule has 114 valence electrons. The summed E-state index contributed by atoms with van der Waals surface area (Å²) in [4.78, 5) is 17.1. The number of rotatable bonds is 3. The first-order valence-electron chi connectivity index (χ1n) is 8.45. The summed E-state index contributed by atoms with van der Waals surface area (Å²) in [5, 5.41) is 0. The van der Waals surface area contributed by atoms with Crippen LogP contribution in [0.5, 0.6) is 0 Å². The second-order valence-corrected chi connectivity index (χ2v) is 6.60. The van der Waals surface area contributed by atoms with Gasteiger partial charge in [0.05, 0.1) is 6.10 Å². The van der Waals surface area contributed by atoms with Gasteiger partial charge in [-0.25, -0.2) is 0 Å². The average Bonchev–Trinajstić information content (AvgIpc) is 3.01.